The van der Waals surface area contributed by atoms with Gasteiger partial charge in [-0.25, -0.2) is 19.4 Å². The summed E-state index contributed by atoms with van der Waals surface area (Å²) in [4.78, 5) is 27.6. The van der Waals surface area contributed by atoms with Crippen LogP contribution in [-0.4, -0.2) is 35.4 Å². The van der Waals surface area contributed by atoms with Gasteiger partial charge in [0.25, 0.3) is 6.10 Å². The van der Waals surface area contributed by atoms with Crippen LogP contribution in [0, 0.1) is 0 Å². The van der Waals surface area contributed by atoms with Crippen LogP contribution in [0.4, 0.5) is 0 Å². The van der Waals surface area contributed by atoms with Gasteiger partial charge in [-0.2, -0.15) is 0 Å². The maximum Gasteiger partial charge on any atom is 0.348 e. The minimum atomic E-state index is -1.95. The van der Waals surface area contributed by atoms with Crippen LogP contribution in [0.5, 0.6) is 0 Å². The smallest absolute Gasteiger partial charge is 0.348 e. The molecule has 0 heterocycles. The van der Waals surface area contributed by atoms with Crippen LogP contribution in [-0.2, 0) is 19.4 Å². The molecule has 58 valence electrons. The van der Waals surface area contributed by atoms with E-state index < -0.39 is 18.0 Å². The maximum absolute atomic E-state index is 9.95. The highest BCUT2D eigenvalue weighted by Crippen LogP contribution is 1.91. The lowest BCUT2D eigenvalue weighted by molar-refractivity contribution is -0.297. The van der Waals surface area contributed by atoms with Crippen LogP contribution in [0.3, 0.4) is 0 Å². The molecule has 0 atom stereocenters. The number of rotatable bonds is 4. The van der Waals surface area contributed by atoms with Gasteiger partial charge in [0.05, 0.1) is 7.11 Å². The van der Waals surface area contributed by atoms with Gasteiger partial charge in [-0.05, 0) is 0 Å². The number of carbonyl (C=O) groups is 2. The molecule has 0 aromatic rings. The van der Waals surface area contributed by atoms with Crippen molar-refractivity contribution in [1.82, 2.24) is 0 Å². The molecule has 0 saturated heterocycles. The molecule has 0 amide bonds. The lowest BCUT2D eigenvalue weighted by Crippen LogP contribution is -2.32. The van der Waals surface area contributed by atoms with Crippen molar-refractivity contribution in [3.63, 3.8) is 0 Å². The van der Waals surface area contributed by atoms with Crippen molar-refractivity contribution >= 4 is 11.9 Å². The van der Waals surface area contributed by atoms with Gasteiger partial charge in [0.1, 0.15) is 0 Å². The van der Waals surface area contributed by atoms with Crippen molar-refractivity contribution in [2.75, 3.05) is 7.11 Å². The molecule has 0 aromatic carbocycles. The molecule has 6 nitrogen and oxygen atoms in total. The Labute approximate surface area is 55.9 Å². The van der Waals surface area contributed by atoms with Crippen LogP contribution in [0.25, 0.3) is 0 Å². The van der Waals surface area contributed by atoms with E-state index >= 15 is 0 Å². The molecule has 0 fully saturated rings. The summed E-state index contributed by atoms with van der Waals surface area (Å²) >= 11 is 0. The zero-order valence-electron chi connectivity index (χ0n) is 5.10. The van der Waals surface area contributed by atoms with Crippen molar-refractivity contribution < 1.29 is 29.6 Å². The Morgan fingerprint density at radius 2 is 1.70 bits per heavy atom. The van der Waals surface area contributed by atoms with Gasteiger partial charge < -0.3 is 10.2 Å². The second-order valence-corrected chi connectivity index (χ2v) is 1.32. The van der Waals surface area contributed by atoms with E-state index in [-0.39, 0.29) is 0 Å². The summed E-state index contributed by atoms with van der Waals surface area (Å²) in [7, 11) is 1.03. The van der Waals surface area contributed by atoms with Crippen molar-refractivity contribution in [3.05, 3.63) is 0 Å². The molecule has 0 spiro atoms. The van der Waals surface area contributed by atoms with E-state index in [1.165, 1.54) is 0 Å². The van der Waals surface area contributed by atoms with Gasteiger partial charge in [0, 0.05) is 0 Å². The van der Waals surface area contributed by atoms with Gasteiger partial charge in [-0.1, -0.05) is 0 Å². The van der Waals surface area contributed by atoms with E-state index in [4.69, 9.17) is 10.2 Å². The average molecular weight is 150 g/mol. The molecule has 0 rings (SSSR count). The molecule has 10 heavy (non-hydrogen) atoms. The summed E-state index contributed by atoms with van der Waals surface area (Å²) in [5.41, 5.74) is 0. The summed E-state index contributed by atoms with van der Waals surface area (Å²) in [6, 6.07) is 0. The van der Waals surface area contributed by atoms with E-state index in [1.54, 1.807) is 0 Å². The molecular formula is C4H6O6. The molecular weight excluding hydrogens is 144 g/mol. The Bertz CT molecular complexity index is 127. The largest absolute Gasteiger partial charge is 0.479 e. The van der Waals surface area contributed by atoms with Crippen LogP contribution < -0.4 is 0 Å². The van der Waals surface area contributed by atoms with E-state index in [0.717, 1.165) is 7.11 Å². The highest BCUT2D eigenvalue weighted by atomic mass is 17.2. The highest BCUT2D eigenvalue weighted by Gasteiger charge is 2.27. The Morgan fingerprint density at radius 3 is 1.80 bits per heavy atom. The lowest BCUT2D eigenvalue weighted by Gasteiger charge is -2.03. The first-order chi connectivity index (χ1) is 4.59. The minimum Gasteiger partial charge on any atom is -0.479 e. The van der Waals surface area contributed by atoms with Crippen molar-refractivity contribution in [2.45, 2.75) is 6.10 Å². The van der Waals surface area contributed by atoms with Gasteiger partial charge in [-0.15, -0.1) is 0 Å². The highest BCUT2D eigenvalue weighted by molar-refractivity contribution is 5.95. The summed E-state index contributed by atoms with van der Waals surface area (Å²) in [5.74, 6) is -3.20. The van der Waals surface area contributed by atoms with Crippen molar-refractivity contribution in [2.24, 2.45) is 0 Å². The fourth-order valence-electron chi connectivity index (χ4n) is 0.284. The Hall–Kier alpha value is -1.14. The first-order valence-electron chi connectivity index (χ1n) is 2.24. The zero-order chi connectivity index (χ0) is 8.15. The number of carboxylic acids is 2. The van der Waals surface area contributed by atoms with E-state index in [0.29, 0.717) is 0 Å². The predicted octanol–water partition coefficient (Wildman–Crippen LogP) is -0.898. The average Bonchev–Trinajstić information content (AvgIpc) is 1.81. The van der Waals surface area contributed by atoms with Crippen LogP contribution in [0.1, 0.15) is 0 Å². The second kappa shape index (κ2) is 3.80. The fourth-order valence-corrected chi connectivity index (χ4v) is 0.284. The van der Waals surface area contributed by atoms with E-state index in [9.17, 15) is 9.59 Å². The van der Waals surface area contributed by atoms with Crippen LogP contribution in [0.15, 0.2) is 0 Å². The van der Waals surface area contributed by atoms with Crippen LogP contribution in [0.2, 0.25) is 0 Å². The number of carboxylic acid groups (broad SMARTS) is 2. The topological polar surface area (TPSA) is 93.1 Å². The molecule has 0 bridgehead atoms. The molecule has 0 aliphatic carbocycles. The lowest BCUT2D eigenvalue weighted by atomic mass is 10.4. The van der Waals surface area contributed by atoms with Gasteiger partial charge in [0.15, 0.2) is 0 Å². The standard InChI is InChI=1S/C4H6O6/c1-9-10-2(3(5)6)4(7)8/h2H,1H3,(H,5,6)(H,7,8). The second-order valence-electron chi connectivity index (χ2n) is 1.32. The maximum atomic E-state index is 9.95. The van der Waals surface area contributed by atoms with Gasteiger partial charge in [-0.3, -0.25) is 0 Å². The van der Waals surface area contributed by atoms with E-state index in [2.05, 4.69) is 9.78 Å². The number of hydrogen-bond acceptors (Lipinski definition) is 4. The quantitative estimate of drug-likeness (QED) is 0.306. The first-order valence-corrected chi connectivity index (χ1v) is 2.24. The van der Waals surface area contributed by atoms with Crippen molar-refractivity contribution in [3.8, 4) is 0 Å². The van der Waals surface area contributed by atoms with E-state index in [1.807, 2.05) is 0 Å². The van der Waals surface area contributed by atoms with Crippen molar-refractivity contribution in [1.29, 1.82) is 0 Å². The number of aliphatic carboxylic acids is 2. The molecule has 0 aromatic heterocycles. The third kappa shape index (κ3) is 2.42. The third-order valence-electron chi connectivity index (χ3n) is 0.641. The Balaban J connectivity index is 3.98. The molecule has 0 radical (unpaired) electrons. The van der Waals surface area contributed by atoms with Gasteiger partial charge >= 0.3 is 11.9 Å². The summed E-state index contributed by atoms with van der Waals surface area (Å²) in [6.45, 7) is 0. The monoisotopic (exact) mass is 150 g/mol. The number of hydrogen-bond donors (Lipinski definition) is 2. The third-order valence-corrected chi connectivity index (χ3v) is 0.641. The molecule has 0 aliphatic heterocycles. The minimum absolute atomic E-state index is 1.03. The predicted molar refractivity (Wildman–Crippen MR) is 27.2 cm³/mol. The first kappa shape index (κ1) is 8.86. The molecule has 0 saturated carbocycles. The zero-order valence-corrected chi connectivity index (χ0v) is 5.10. The summed E-state index contributed by atoms with van der Waals surface area (Å²) < 4.78 is 0. The summed E-state index contributed by atoms with van der Waals surface area (Å²) in [5, 5.41) is 16.2. The molecule has 6 heteroatoms. The molecule has 2 N–H and O–H groups in total. The molecule has 0 unspecified atom stereocenters. The Morgan fingerprint density at radius 1 is 1.30 bits per heavy atom. The van der Waals surface area contributed by atoms with Crippen LogP contribution >= 0.6 is 0 Å². The Kier molecular flexibility index (Phi) is 3.37. The van der Waals surface area contributed by atoms with Gasteiger partial charge in [0.2, 0.25) is 0 Å². The SMILES string of the molecule is COOC(C(=O)O)C(=O)O. The fraction of sp³-hybridized carbons (Fsp3) is 0.500. The summed E-state index contributed by atoms with van der Waals surface area (Å²) in [6.07, 6.45) is -1.95. The normalized spacial score (nSPS) is 9.80. The molecule has 0 aliphatic rings.